The van der Waals surface area contributed by atoms with Crippen molar-refractivity contribution < 1.29 is 9.18 Å². The van der Waals surface area contributed by atoms with Crippen LogP contribution >= 0.6 is 11.3 Å². The van der Waals surface area contributed by atoms with Crippen LogP contribution < -0.4 is 5.73 Å². The molecule has 0 radical (unpaired) electrons. The van der Waals surface area contributed by atoms with Crippen LogP contribution in [-0.4, -0.2) is 23.9 Å². The molecule has 0 atom stereocenters. The fraction of sp³-hybridized carbons (Fsp3) is 0.308. The second kappa shape index (κ2) is 4.24. The van der Waals surface area contributed by atoms with E-state index in [1.54, 1.807) is 6.07 Å². The van der Waals surface area contributed by atoms with Gasteiger partial charge in [-0.05, 0) is 31.0 Å². The first-order valence-electron chi connectivity index (χ1n) is 5.93. The van der Waals surface area contributed by atoms with Crippen molar-refractivity contribution in [3.8, 4) is 0 Å². The standard InChI is InChI=1S/C13H13FN2OS/c14-8-3-4-10-9(7-8)11(15)12(18-10)13(17)16-5-1-2-6-16/h3-4,7H,1-2,5-6,15H2. The van der Waals surface area contributed by atoms with Crippen LogP contribution in [0.1, 0.15) is 22.5 Å². The highest BCUT2D eigenvalue weighted by atomic mass is 32.1. The van der Waals surface area contributed by atoms with E-state index in [1.165, 1.54) is 23.5 Å². The Balaban J connectivity index is 2.06. The molecular formula is C13H13FN2OS. The smallest absolute Gasteiger partial charge is 0.266 e. The number of halogens is 1. The van der Waals surface area contributed by atoms with E-state index < -0.39 is 0 Å². The number of thiophene rings is 1. The maximum Gasteiger partial charge on any atom is 0.266 e. The summed E-state index contributed by atoms with van der Waals surface area (Å²) >= 11 is 1.34. The first-order chi connectivity index (χ1) is 8.66. The number of carbonyl (C=O) groups excluding carboxylic acids is 1. The molecule has 0 unspecified atom stereocenters. The first kappa shape index (κ1) is 11.5. The number of nitrogen functional groups attached to an aromatic ring is 1. The second-order valence-corrected chi connectivity index (χ2v) is 5.54. The van der Waals surface area contributed by atoms with Gasteiger partial charge < -0.3 is 10.6 Å². The molecule has 2 aromatic rings. The number of nitrogens with two attached hydrogens (primary N) is 1. The molecule has 94 valence electrons. The summed E-state index contributed by atoms with van der Waals surface area (Å²) in [4.78, 5) is 14.6. The van der Waals surface area contributed by atoms with Gasteiger partial charge in [0.15, 0.2) is 0 Å². The number of benzene rings is 1. The molecule has 1 aliphatic heterocycles. The zero-order valence-electron chi connectivity index (χ0n) is 9.78. The summed E-state index contributed by atoms with van der Waals surface area (Å²) in [5, 5.41) is 0.641. The molecule has 1 aliphatic rings. The number of likely N-dealkylation sites (tertiary alicyclic amines) is 1. The number of hydrogen-bond acceptors (Lipinski definition) is 3. The summed E-state index contributed by atoms with van der Waals surface area (Å²) in [7, 11) is 0. The lowest BCUT2D eigenvalue weighted by atomic mass is 10.2. The molecule has 3 nitrogen and oxygen atoms in total. The van der Waals surface area contributed by atoms with Crippen molar-refractivity contribution in [2.75, 3.05) is 18.8 Å². The number of carbonyl (C=O) groups is 1. The van der Waals surface area contributed by atoms with Crippen LogP contribution in [0.5, 0.6) is 0 Å². The molecule has 0 saturated carbocycles. The van der Waals surface area contributed by atoms with Crippen molar-refractivity contribution >= 4 is 33.0 Å². The quantitative estimate of drug-likeness (QED) is 0.861. The highest BCUT2D eigenvalue weighted by Gasteiger charge is 2.24. The predicted octanol–water partition coefficient (Wildman–Crippen LogP) is 2.86. The average molecular weight is 264 g/mol. The Morgan fingerprint density at radius 1 is 1.33 bits per heavy atom. The van der Waals surface area contributed by atoms with E-state index in [9.17, 15) is 9.18 Å². The Labute approximate surface area is 108 Å². The van der Waals surface area contributed by atoms with Crippen molar-refractivity contribution in [2.45, 2.75) is 12.8 Å². The molecule has 1 aromatic heterocycles. The number of fused-ring (bicyclic) bond motifs is 1. The third kappa shape index (κ3) is 1.75. The normalized spacial score (nSPS) is 15.5. The summed E-state index contributed by atoms with van der Waals surface area (Å²) in [6, 6.07) is 4.46. The zero-order chi connectivity index (χ0) is 12.7. The van der Waals surface area contributed by atoms with E-state index in [-0.39, 0.29) is 11.7 Å². The molecule has 5 heteroatoms. The topological polar surface area (TPSA) is 46.3 Å². The fourth-order valence-corrected chi connectivity index (χ4v) is 3.38. The van der Waals surface area contributed by atoms with Gasteiger partial charge in [-0.15, -0.1) is 11.3 Å². The van der Waals surface area contributed by atoms with Gasteiger partial charge in [-0.3, -0.25) is 4.79 Å². The summed E-state index contributed by atoms with van der Waals surface area (Å²) in [5.41, 5.74) is 6.38. The Morgan fingerprint density at radius 3 is 2.78 bits per heavy atom. The third-order valence-electron chi connectivity index (χ3n) is 3.28. The Morgan fingerprint density at radius 2 is 2.06 bits per heavy atom. The highest BCUT2D eigenvalue weighted by Crippen LogP contribution is 2.35. The molecule has 3 rings (SSSR count). The van der Waals surface area contributed by atoms with Crippen LogP contribution in [0.2, 0.25) is 0 Å². The van der Waals surface area contributed by atoms with Gasteiger partial charge in [0.25, 0.3) is 5.91 Å². The molecule has 0 bridgehead atoms. The highest BCUT2D eigenvalue weighted by molar-refractivity contribution is 7.21. The van der Waals surface area contributed by atoms with Gasteiger partial charge in [-0.1, -0.05) is 0 Å². The summed E-state index contributed by atoms with van der Waals surface area (Å²) in [6.45, 7) is 1.59. The van der Waals surface area contributed by atoms with Gasteiger partial charge in [-0.2, -0.15) is 0 Å². The molecule has 1 aromatic carbocycles. The zero-order valence-corrected chi connectivity index (χ0v) is 10.6. The largest absolute Gasteiger partial charge is 0.397 e. The van der Waals surface area contributed by atoms with Crippen LogP contribution in [0, 0.1) is 5.82 Å². The molecular weight excluding hydrogens is 251 g/mol. The number of anilines is 1. The van der Waals surface area contributed by atoms with Crippen molar-refractivity contribution in [3.63, 3.8) is 0 Å². The van der Waals surface area contributed by atoms with E-state index in [2.05, 4.69) is 0 Å². The Bertz CT molecular complexity index is 617. The second-order valence-electron chi connectivity index (χ2n) is 4.48. The molecule has 1 saturated heterocycles. The van der Waals surface area contributed by atoms with Crippen LogP contribution in [0.3, 0.4) is 0 Å². The third-order valence-corrected chi connectivity index (χ3v) is 4.45. The molecule has 2 heterocycles. The Hall–Kier alpha value is -1.62. The lowest BCUT2D eigenvalue weighted by Crippen LogP contribution is -2.27. The van der Waals surface area contributed by atoms with Crippen molar-refractivity contribution in [2.24, 2.45) is 0 Å². The number of rotatable bonds is 1. The lowest BCUT2D eigenvalue weighted by Gasteiger charge is -2.14. The minimum Gasteiger partial charge on any atom is -0.397 e. The van der Waals surface area contributed by atoms with Gasteiger partial charge >= 0.3 is 0 Å². The van der Waals surface area contributed by atoms with Crippen molar-refractivity contribution in [1.29, 1.82) is 0 Å². The van der Waals surface area contributed by atoms with Crippen LogP contribution in [0.4, 0.5) is 10.1 Å². The summed E-state index contributed by atoms with van der Waals surface area (Å²) < 4.78 is 14.0. The number of nitrogens with zero attached hydrogens (tertiary/aromatic N) is 1. The molecule has 2 N–H and O–H groups in total. The Kier molecular flexibility index (Phi) is 2.70. The van der Waals surface area contributed by atoms with Gasteiger partial charge in [0.1, 0.15) is 10.7 Å². The molecule has 18 heavy (non-hydrogen) atoms. The van der Waals surface area contributed by atoms with Gasteiger partial charge in [0.2, 0.25) is 0 Å². The van der Waals surface area contributed by atoms with Crippen LogP contribution in [0.25, 0.3) is 10.1 Å². The molecule has 0 spiro atoms. The predicted molar refractivity (Wildman–Crippen MR) is 71.3 cm³/mol. The minimum atomic E-state index is -0.327. The van der Waals surface area contributed by atoms with Gasteiger partial charge in [0, 0.05) is 23.2 Å². The van der Waals surface area contributed by atoms with Gasteiger partial charge in [0.05, 0.1) is 5.69 Å². The van der Waals surface area contributed by atoms with Gasteiger partial charge in [-0.25, -0.2) is 4.39 Å². The SMILES string of the molecule is Nc1c(C(=O)N2CCCC2)sc2ccc(F)cc12. The van der Waals surface area contributed by atoms with Crippen LogP contribution in [0.15, 0.2) is 18.2 Å². The maximum atomic E-state index is 13.2. The molecule has 1 fully saturated rings. The van der Waals surface area contributed by atoms with E-state index in [1.807, 2.05) is 4.90 Å². The van der Waals surface area contributed by atoms with Crippen LogP contribution in [-0.2, 0) is 0 Å². The monoisotopic (exact) mass is 264 g/mol. The molecule has 1 amide bonds. The first-order valence-corrected chi connectivity index (χ1v) is 6.75. The lowest BCUT2D eigenvalue weighted by molar-refractivity contribution is 0.0798. The minimum absolute atomic E-state index is 0.0217. The number of amides is 1. The molecule has 0 aliphatic carbocycles. The van der Waals surface area contributed by atoms with E-state index >= 15 is 0 Å². The summed E-state index contributed by atoms with van der Waals surface area (Å²) in [6.07, 6.45) is 2.09. The van der Waals surface area contributed by atoms with E-state index in [0.717, 1.165) is 30.6 Å². The fourth-order valence-electron chi connectivity index (χ4n) is 2.31. The van der Waals surface area contributed by atoms with Crippen molar-refractivity contribution in [3.05, 3.63) is 28.9 Å². The van der Waals surface area contributed by atoms with E-state index in [0.29, 0.717) is 16.0 Å². The average Bonchev–Trinajstić information content (AvgIpc) is 2.98. The van der Waals surface area contributed by atoms with E-state index in [4.69, 9.17) is 5.73 Å². The number of hydrogen-bond donors (Lipinski definition) is 1. The summed E-state index contributed by atoms with van der Waals surface area (Å²) in [5.74, 6) is -0.348. The maximum absolute atomic E-state index is 13.2. The van der Waals surface area contributed by atoms with Crippen molar-refractivity contribution in [1.82, 2.24) is 4.90 Å².